The highest BCUT2D eigenvalue weighted by atomic mass is 32.1. The molecular weight excluding hydrogens is 390 g/mol. The molecule has 30 heavy (non-hydrogen) atoms. The van der Waals surface area contributed by atoms with Gasteiger partial charge in [0.1, 0.15) is 0 Å². The van der Waals surface area contributed by atoms with E-state index in [9.17, 15) is 0 Å². The zero-order valence-corrected chi connectivity index (χ0v) is 18.7. The molecule has 1 aliphatic rings. The first-order valence-corrected chi connectivity index (χ1v) is 11.0. The zero-order chi connectivity index (χ0) is 21.1. The number of aromatic nitrogens is 3. The van der Waals surface area contributed by atoms with Gasteiger partial charge in [0.15, 0.2) is 5.11 Å². The summed E-state index contributed by atoms with van der Waals surface area (Å²) in [5.41, 5.74) is 6.14. The van der Waals surface area contributed by atoms with Crippen LogP contribution in [-0.4, -0.2) is 31.1 Å². The van der Waals surface area contributed by atoms with Crippen molar-refractivity contribution in [2.24, 2.45) is 0 Å². The lowest BCUT2D eigenvalue weighted by atomic mass is 9.96. The van der Waals surface area contributed by atoms with Gasteiger partial charge in [0, 0.05) is 43.1 Å². The number of pyridine rings is 2. The fraction of sp³-hybridized carbons (Fsp3) is 0.375. The normalized spacial score (nSPS) is 18.6. The number of aryl methyl sites for hydroxylation is 1. The summed E-state index contributed by atoms with van der Waals surface area (Å²) in [5.74, 6) is 0. The van der Waals surface area contributed by atoms with Crippen molar-refractivity contribution in [3.8, 4) is 0 Å². The summed E-state index contributed by atoms with van der Waals surface area (Å²) in [7, 11) is 0. The van der Waals surface area contributed by atoms with E-state index in [-0.39, 0.29) is 12.1 Å². The minimum atomic E-state index is 0.0467. The molecule has 0 bridgehead atoms. The highest BCUT2D eigenvalue weighted by Gasteiger charge is 2.40. The number of thiocarbonyl (C=S) groups is 1. The molecule has 2 atom stereocenters. The van der Waals surface area contributed by atoms with Gasteiger partial charge in [0.2, 0.25) is 0 Å². The molecule has 6 heteroatoms. The van der Waals surface area contributed by atoms with Crippen molar-refractivity contribution in [3.63, 3.8) is 0 Å². The van der Waals surface area contributed by atoms with Crippen LogP contribution in [0.2, 0.25) is 0 Å². The molecule has 0 aliphatic carbocycles. The molecule has 1 fully saturated rings. The van der Waals surface area contributed by atoms with Crippen LogP contribution < -0.4 is 5.32 Å². The molecule has 0 aromatic carbocycles. The number of nitrogens with zero attached hydrogens (tertiary/aromatic N) is 4. The number of hydrogen-bond donors (Lipinski definition) is 1. The van der Waals surface area contributed by atoms with E-state index in [0.717, 1.165) is 36.7 Å². The minimum absolute atomic E-state index is 0.0467. The van der Waals surface area contributed by atoms with E-state index in [1.54, 1.807) is 0 Å². The average molecular weight is 420 g/mol. The second-order valence-electron chi connectivity index (χ2n) is 7.94. The highest BCUT2D eigenvalue weighted by Crippen LogP contribution is 2.41. The zero-order valence-electron chi connectivity index (χ0n) is 17.9. The fourth-order valence-corrected chi connectivity index (χ4v) is 4.69. The van der Waals surface area contributed by atoms with Crippen LogP contribution in [0, 0.1) is 13.8 Å². The first-order chi connectivity index (χ1) is 14.6. The molecule has 4 rings (SSSR count). The molecule has 5 nitrogen and oxygen atoms in total. The van der Waals surface area contributed by atoms with E-state index in [1.807, 2.05) is 30.7 Å². The summed E-state index contributed by atoms with van der Waals surface area (Å²) in [6.07, 6.45) is 7.82. The molecule has 3 aromatic rings. The summed E-state index contributed by atoms with van der Waals surface area (Å²) in [5, 5.41) is 4.38. The van der Waals surface area contributed by atoms with E-state index in [1.165, 1.54) is 22.5 Å². The average Bonchev–Trinajstić information content (AvgIpc) is 3.24. The number of rotatable bonds is 7. The Morgan fingerprint density at radius 2 is 1.90 bits per heavy atom. The third-order valence-electron chi connectivity index (χ3n) is 5.97. The summed E-state index contributed by atoms with van der Waals surface area (Å²) in [6.45, 7) is 8.42. The van der Waals surface area contributed by atoms with Crippen LogP contribution in [0.15, 0.2) is 55.0 Å². The topological polar surface area (TPSA) is 46.0 Å². The number of unbranched alkanes of at least 4 members (excludes halogenated alkanes) is 1. The Labute approximate surface area is 184 Å². The summed E-state index contributed by atoms with van der Waals surface area (Å²) in [4.78, 5) is 11.2. The standard InChI is InChI=1S/C24H29N5S/c1-4-5-14-28-23(22(27-24(28)30)21-8-6-7-11-26-21)20-15-17(2)29(18(20)3)16-19-9-12-25-13-10-19/h6-13,15,22-23H,4-5,14,16H2,1-3H3,(H,27,30)/t22-,23+/m1/s1. The molecule has 1 saturated heterocycles. The van der Waals surface area contributed by atoms with Gasteiger partial charge in [-0.05, 0) is 73.9 Å². The maximum atomic E-state index is 5.77. The van der Waals surface area contributed by atoms with Gasteiger partial charge in [-0.25, -0.2) is 0 Å². The third-order valence-corrected chi connectivity index (χ3v) is 6.32. The van der Waals surface area contributed by atoms with Crippen molar-refractivity contribution in [1.82, 2.24) is 24.8 Å². The lowest BCUT2D eigenvalue weighted by Crippen LogP contribution is -2.30. The molecule has 0 unspecified atom stereocenters. The SMILES string of the molecule is CCCCN1C(=S)N[C@H](c2ccccn2)[C@@H]1c1cc(C)n(Cc2ccncc2)c1C. The first-order valence-electron chi connectivity index (χ1n) is 10.6. The maximum absolute atomic E-state index is 5.77. The largest absolute Gasteiger partial charge is 0.352 e. The van der Waals surface area contributed by atoms with Crippen LogP contribution in [0.1, 0.15) is 60.1 Å². The summed E-state index contributed by atoms with van der Waals surface area (Å²) >= 11 is 5.77. The number of hydrogen-bond acceptors (Lipinski definition) is 3. The Bertz CT molecular complexity index is 999. The Kier molecular flexibility index (Phi) is 6.13. The molecule has 1 aliphatic heterocycles. The van der Waals surface area contributed by atoms with Gasteiger partial charge in [-0.1, -0.05) is 19.4 Å². The van der Waals surface area contributed by atoms with Crippen molar-refractivity contribution < 1.29 is 0 Å². The van der Waals surface area contributed by atoms with Gasteiger partial charge < -0.3 is 14.8 Å². The van der Waals surface area contributed by atoms with Crippen LogP contribution >= 0.6 is 12.2 Å². The first kappa shape index (κ1) is 20.5. The van der Waals surface area contributed by atoms with E-state index in [0.29, 0.717) is 0 Å². The van der Waals surface area contributed by atoms with Crippen molar-refractivity contribution >= 4 is 17.3 Å². The molecule has 0 spiro atoms. The van der Waals surface area contributed by atoms with Crippen LogP contribution in [0.5, 0.6) is 0 Å². The van der Waals surface area contributed by atoms with Gasteiger partial charge in [-0.15, -0.1) is 0 Å². The van der Waals surface area contributed by atoms with Gasteiger partial charge in [-0.3, -0.25) is 9.97 Å². The summed E-state index contributed by atoms with van der Waals surface area (Å²) in [6, 6.07) is 12.8. The molecule has 4 heterocycles. The van der Waals surface area contributed by atoms with Crippen molar-refractivity contribution in [2.45, 2.75) is 52.2 Å². The quantitative estimate of drug-likeness (QED) is 0.562. The fourth-order valence-electron chi connectivity index (χ4n) is 4.35. The molecule has 0 radical (unpaired) electrons. The van der Waals surface area contributed by atoms with Crippen LogP contribution in [0.4, 0.5) is 0 Å². The number of nitrogens with one attached hydrogen (secondary N) is 1. The van der Waals surface area contributed by atoms with Crippen molar-refractivity contribution in [1.29, 1.82) is 0 Å². The lowest BCUT2D eigenvalue weighted by Gasteiger charge is -2.28. The van der Waals surface area contributed by atoms with Gasteiger partial charge in [0.05, 0.1) is 17.8 Å². The minimum Gasteiger partial charge on any atom is -0.352 e. The molecule has 0 amide bonds. The molecule has 0 saturated carbocycles. The van der Waals surface area contributed by atoms with E-state index in [4.69, 9.17) is 12.2 Å². The smallest absolute Gasteiger partial charge is 0.170 e. The predicted molar refractivity (Wildman–Crippen MR) is 124 cm³/mol. The molecule has 1 N–H and O–H groups in total. The second-order valence-corrected chi connectivity index (χ2v) is 8.33. The van der Waals surface area contributed by atoms with Gasteiger partial charge in [-0.2, -0.15) is 0 Å². The molecular formula is C24H29N5S. The van der Waals surface area contributed by atoms with Crippen LogP contribution in [0.3, 0.4) is 0 Å². The summed E-state index contributed by atoms with van der Waals surface area (Å²) < 4.78 is 2.39. The van der Waals surface area contributed by atoms with Crippen LogP contribution in [0.25, 0.3) is 0 Å². The Morgan fingerprint density at radius 1 is 1.10 bits per heavy atom. The highest BCUT2D eigenvalue weighted by molar-refractivity contribution is 7.80. The van der Waals surface area contributed by atoms with Gasteiger partial charge >= 0.3 is 0 Å². The van der Waals surface area contributed by atoms with Crippen molar-refractivity contribution in [3.05, 3.63) is 83.2 Å². The van der Waals surface area contributed by atoms with Gasteiger partial charge in [0.25, 0.3) is 0 Å². The Hall–Kier alpha value is -2.73. The third kappa shape index (κ3) is 3.97. The monoisotopic (exact) mass is 419 g/mol. The van der Waals surface area contributed by atoms with Crippen molar-refractivity contribution in [2.75, 3.05) is 6.54 Å². The lowest BCUT2D eigenvalue weighted by molar-refractivity contribution is 0.311. The van der Waals surface area contributed by atoms with E-state index < -0.39 is 0 Å². The maximum Gasteiger partial charge on any atom is 0.170 e. The Balaban J connectivity index is 1.74. The van der Waals surface area contributed by atoms with E-state index in [2.05, 4.69) is 69.8 Å². The second kappa shape index (κ2) is 8.96. The van der Waals surface area contributed by atoms with E-state index >= 15 is 0 Å². The van der Waals surface area contributed by atoms with Crippen LogP contribution in [-0.2, 0) is 6.54 Å². The molecule has 3 aromatic heterocycles. The predicted octanol–water partition coefficient (Wildman–Crippen LogP) is 4.72. The molecule has 156 valence electrons. The Morgan fingerprint density at radius 3 is 2.60 bits per heavy atom.